The van der Waals surface area contributed by atoms with Crippen LogP contribution in [0.3, 0.4) is 0 Å². The minimum absolute atomic E-state index is 0.138. The molecule has 0 aliphatic rings. The summed E-state index contributed by atoms with van der Waals surface area (Å²) < 4.78 is 13.0. The van der Waals surface area contributed by atoms with Crippen LogP contribution in [0.5, 0.6) is 0 Å². The minimum atomic E-state index is -0.191. The molecule has 0 saturated carbocycles. The molecule has 0 aromatic heterocycles. The quantitative estimate of drug-likeness (QED) is 0.612. The molecule has 1 rings (SSSR count). The number of aryl methyl sites for hydroxylation is 1. The zero-order chi connectivity index (χ0) is 11.4. The van der Waals surface area contributed by atoms with Crippen molar-refractivity contribution in [1.82, 2.24) is 4.90 Å². The van der Waals surface area contributed by atoms with Crippen molar-refractivity contribution in [3.63, 3.8) is 0 Å². The van der Waals surface area contributed by atoms with Crippen molar-refractivity contribution in [2.75, 3.05) is 13.6 Å². The maximum atomic E-state index is 13.0. The van der Waals surface area contributed by atoms with Crippen LogP contribution in [0.15, 0.2) is 18.2 Å². The van der Waals surface area contributed by atoms with Gasteiger partial charge in [-0.25, -0.2) is 4.39 Å². The summed E-state index contributed by atoms with van der Waals surface area (Å²) >= 11 is 2.87. The van der Waals surface area contributed by atoms with Gasteiger partial charge in [-0.15, -0.1) is 0 Å². The highest BCUT2D eigenvalue weighted by Gasteiger charge is 2.04. The second kappa shape index (κ2) is 5.26. The van der Waals surface area contributed by atoms with Crippen LogP contribution in [0.2, 0.25) is 0 Å². The largest absolute Gasteiger partial charge is 0.336 e. The summed E-state index contributed by atoms with van der Waals surface area (Å²) in [5.74, 6) is -0.191. The van der Waals surface area contributed by atoms with Crippen molar-refractivity contribution in [3.05, 3.63) is 35.1 Å². The van der Waals surface area contributed by atoms with Crippen LogP contribution in [-0.4, -0.2) is 23.3 Å². The van der Waals surface area contributed by atoms with Crippen LogP contribution in [0.1, 0.15) is 11.1 Å². The predicted octanol–water partition coefficient (Wildman–Crippen LogP) is 3.12. The molecule has 15 heavy (non-hydrogen) atoms. The van der Waals surface area contributed by atoms with E-state index < -0.39 is 0 Å². The van der Waals surface area contributed by atoms with Gasteiger partial charge in [-0.1, -0.05) is 12.1 Å². The average Bonchev–Trinajstić information content (AvgIpc) is 2.19. The molecule has 0 radical (unpaired) electrons. The molecule has 82 valence electrons. The lowest BCUT2D eigenvalue weighted by atomic mass is 10.1. The number of carbonyl (C=O) groups excluding carboxylic acids is 1. The van der Waals surface area contributed by atoms with Gasteiger partial charge in [0.15, 0.2) is 0 Å². The maximum Gasteiger partial charge on any atom is 0.289 e. The number of carbonyl (C=O) groups is 1. The van der Waals surface area contributed by atoms with Gasteiger partial charge in [0.1, 0.15) is 5.82 Å². The summed E-state index contributed by atoms with van der Waals surface area (Å²) in [7, 11) is 1.72. The van der Waals surface area contributed by atoms with Crippen LogP contribution in [-0.2, 0) is 6.42 Å². The van der Waals surface area contributed by atoms with Crippen molar-refractivity contribution < 1.29 is 9.18 Å². The highest BCUT2D eigenvalue weighted by molar-refractivity contribution is 9.18. The third kappa shape index (κ3) is 3.63. The molecule has 0 spiro atoms. The number of halogens is 2. The lowest BCUT2D eigenvalue weighted by Gasteiger charge is -2.13. The van der Waals surface area contributed by atoms with Gasteiger partial charge in [0.05, 0.1) is 0 Å². The van der Waals surface area contributed by atoms with E-state index in [2.05, 4.69) is 15.9 Å². The van der Waals surface area contributed by atoms with Gasteiger partial charge in [0, 0.05) is 29.5 Å². The molecular weight excluding hydrogens is 261 g/mol. The van der Waals surface area contributed by atoms with E-state index in [0.717, 1.165) is 12.0 Å². The zero-order valence-corrected chi connectivity index (χ0v) is 10.3. The Morgan fingerprint density at radius 1 is 1.53 bits per heavy atom. The lowest BCUT2D eigenvalue weighted by molar-refractivity contribution is 0.235. The van der Waals surface area contributed by atoms with Crippen molar-refractivity contribution in [1.29, 1.82) is 0 Å². The van der Waals surface area contributed by atoms with Crippen LogP contribution in [0.25, 0.3) is 0 Å². The predicted molar refractivity (Wildman–Crippen MR) is 61.8 cm³/mol. The Balaban J connectivity index is 2.58. The Morgan fingerprint density at radius 3 is 2.73 bits per heavy atom. The third-order valence-corrected chi connectivity index (χ3v) is 2.86. The second-order valence-corrected chi connectivity index (χ2v) is 4.19. The first-order valence-corrected chi connectivity index (χ1v) is 5.45. The number of likely N-dealkylation sites (N-methyl/N-ethyl adjacent to an activating group) is 1. The molecule has 4 heteroatoms. The van der Waals surface area contributed by atoms with Crippen molar-refractivity contribution >= 4 is 20.7 Å². The van der Waals surface area contributed by atoms with E-state index in [1.807, 2.05) is 6.07 Å². The third-order valence-electron chi connectivity index (χ3n) is 2.26. The topological polar surface area (TPSA) is 20.3 Å². The summed E-state index contributed by atoms with van der Waals surface area (Å²) in [6.07, 6.45) is 0.731. The minimum Gasteiger partial charge on any atom is -0.336 e. The molecule has 0 unspecified atom stereocenters. The molecule has 0 aliphatic carbocycles. The molecule has 0 N–H and O–H groups in total. The molecule has 0 bridgehead atoms. The number of hydrogen-bond donors (Lipinski definition) is 0. The summed E-state index contributed by atoms with van der Waals surface area (Å²) in [6, 6.07) is 5.01. The summed E-state index contributed by atoms with van der Waals surface area (Å²) in [5.41, 5.74) is 1.68. The van der Waals surface area contributed by atoms with Gasteiger partial charge in [0.2, 0.25) is 0 Å². The van der Waals surface area contributed by atoms with E-state index in [0.29, 0.717) is 12.1 Å². The Hall–Kier alpha value is -0.900. The van der Waals surface area contributed by atoms with Crippen LogP contribution in [0, 0.1) is 12.7 Å². The maximum absolute atomic E-state index is 13.0. The first kappa shape index (κ1) is 12.2. The fourth-order valence-electron chi connectivity index (χ4n) is 1.25. The number of benzene rings is 1. The molecule has 1 amide bonds. The zero-order valence-electron chi connectivity index (χ0n) is 8.76. The molecule has 0 saturated heterocycles. The fraction of sp³-hybridized carbons (Fsp3) is 0.364. The first-order chi connectivity index (χ1) is 7.00. The molecule has 1 aromatic rings. The van der Waals surface area contributed by atoms with E-state index in [9.17, 15) is 9.18 Å². The van der Waals surface area contributed by atoms with Crippen molar-refractivity contribution in [3.8, 4) is 0 Å². The summed E-state index contributed by atoms with van der Waals surface area (Å²) in [5, 5.41) is 0. The highest BCUT2D eigenvalue weighted by atomic mass is 79.9. The number of hydrogen-bond acceptors (Lipinski definition) is 1. The Kier molecular flexibility index (Phi) is 4.27. The second-order valence-electron chi connectivity index (χ2n) is 3.51. The van der Waals surface area contributed by atoms with E-state index in [1.54, 1.807) is 24.9 Å². The average molecular weight is 274 g/mol. The van der Waals surface area contributed by atoms with E-state index in [4.69, 9.17) is 0 Å². The van der Waals surface area contributed by atoms with Gasteiger partial charge >= 0.3 is 0 Å². The Morgan fingerprint density at radius 2 is 2.20 bits per heavy atom. The lowest BCUT2D eigenvalue weighted by Crippen LogP contribution is -2.23. The van der Waals surface area contributed by atoms with Crippen molar-refractivity contribution in [2.45, 2.75) is 13.3 Å². The van der Waals surface area contributed by atoms with Gasteiger partial charge in [0.25, 0.3) is 4.82 Å². The van der Waals surface area contributed by atoms with Crippen molar-refractivity contribution in [2.24, 2.45) is 0 Å². The summed E-state index contributed by atoms with van der Waals surface area (Å²) in [6.45, 7) is 2.35. The Bertz CT molecular complexity index is 368. The monoisotopic (exact) mass is 273 g/mol. The normalized spacial score (nSPS) is 10.1. The molecule has 0 fully saturated rings. The smallest absolute Gasteiger partial charge is 0.289 e. The SMILES string of the molecule is Cc1cc(CCN(C)C(=O)Br)ccc1F. The molecule has 2 nitrogen and oxygen atoms in total. The number of rotatable bonds is 3. The van der Waals surface area contributed by atoms with Crippen LogP contribution < -0.4 is 0 Å². The van der Waals surface area contributed by atoms with Gasteiger partial charge in [-0.05, 0) is 30.5 Å². The number of amides is 1. The molecule has 0 aliphatic heterocycles. The van der Waals surface area contributed by atoms with E-state index >= 15 is 0 Å². The molecular formula is C11H13BrFNO. The van der Waals surface area contributed by atoms with Gasteiger partial charge in [-0.2, -0.15) is 0 Å². The Labute approximate surface area is 97.2 Å². The van der Waals surface area contributed by atoms with Gasteiger partial charge < -0.3 is 4.90 Å². The number of nitrogens with zero attached hydrogens (tertiary/aromatic N) is 1. The molecule has 1 aromatic carbocycles. The first-order valence-electron chi connectivity index (χ1n) is 4.66. The standard InChI is InChI=1S/C11H13BrFNO/c1-8-7-9(3-4-10(8)13)5-6-14(2)11(12)15/h3-4,7H,5-6H2,1-2H3. The highest BCUT2D eigenvalue weighted by Crippen LogP contribution is 2.10. The summed E-state index contributed by atoms with van der Waals surface area (Å²) in [4.78, 5) is 12.3. The fourth-order valence-corrected chi connectivity index (χ4v) is 1.42. The molecule has 0 heterocycles. The van der Waals surface area contributed by atoms with Crippen LogP contribution >= 0.6 is 15.9 Å². The van der Waals surface area contributed by atoms with Gasteiger partial charge in [-0.3, -0.25) is 4.79 Å². The molecule has 0 atom stereocenters. The van der Waals surface area contributed by atoms with E-state index in [1.165, 1.54) is 6.07 Å². The van der Waals surface area contributed by atoms with E-state index in [-0.39, 0.29) is 10.6 Å². The van der Waals surface area contributed by atoms with Crippen LogP contribution in [0.4, 0.5) is 9.18 Å².